The van der Waals surface area contributed by atoms with Gasteiger partial charge in [-0.05, 0) is 0 Å². The maximum absolute atomic E-state index is 10.6. The minimum Gasteiger partial charge on any atom is -0.381 e. The Balaban J connectivity index is 2.06. The maximum atomic E-state index is 10.6. The quantitative estimate of drug-likeness (QED) is 0.680. The number of hydrogen-bond acceptors (Lipinski definition) is 4. The van der Waals surface area contributed by atoms with Gasteiger partial charge in [0, 0.05) is 37.6 Å². The van der Waals surface area contributed by atoms with Crippen LogP contribution in [-0.4, -0.2) is 21.0 Å². The molecule has 0 atom stereocenters. The molecule has 0 aliphatic heterocycles. The summed E-state index contributed by atoms with van der Waals surface area (Å²) < 4.78 is 1.89. The number of rotatable bonds is 5. The third-order valence-electron chi connectivity index (χ3n) is 2.47. The molecular weight excluding hydrogens is 291 g/mol. The van der Waals surface area contributed by atoms with Gasteiger partial charge in [-0.1, -0.05) is 23.2 Å². The van der Waals surface area contributed by atoms with Crippen LogP contribution < -0.4 is 5.32 Å². The smallest absolute Gasteiger partial charge is 0.272 e. The Labute approximate surface area is 119 Å². The van der Waals surface area contributed by atoms with E-state index in [1.54, 1.807) is 12.5 Å². The molecule has 8 heteroatoms. The highest BCUT2D eigenvalue weighted by Crippen LogP contribution is 2.34. The molecule has 0 amide bonds. The van der Waals surface area contributed by atoms with Crippen LogP contribution >= 0.6 is 23.2 Å². The number of nitro benzene ring substituents is 1. The van der Waals surface area contributed by atoms with Gasteiger partial charge in [0.2, 0.25) is 0 Å². The Hall–Kier alpha value is -1.79. The molecule has 100 valence electrons. The van der Waals surface area contributed by atoms with Crippen LogP contribution in [0.15, 0.2) is 30.9 Å². The van der Waals surface area contributed by atoms with Crippen LogP contribution in [0.1, 0.15) is 0 Å². The molecule has 0 aliphatic carbocycles. The number of nitrogens with zero attached hydrogens (tertiary/aromatic N) is 3. The molecule has 1 N–H and O–H groups in total. The largest absolute Gasteiger partial charge is 0.381 e. The number of hydrogen-bond donors (Lipinski definition) is 1. The summed E-state index contributed by atoms with van der Waals surface area (Å²) in [6, 6.07) is 2.54. The lowest BCUT2D eigenvalue weighted by Crippen LogP contribution is -2.10. The van der Waals surface area contributed by atoms with Crippen LogP contribution in [0.4, 0.5) is 11.4 Å². The van der Waals surface area contributed by atoms with Gasteiger partial charge in [-0.25, -0.2) is 4.98 Å². The number of imidazole rings is 1. The van der Waals surface area contributed by atoms with Gasteiger partial charge in [-0.15, -0.1) is 0 Å². The summed E-state index contributed by atoms with van der Waals surface area (Å²) >= 11 is 11.9. The van der Waals surface area contributed by atoms with E-state index in [0.29, 0.717) is 18.8 Å². The number of halogens is 2. The van der Waals surface area contributed by atoms with Crippen molar-refractivity contribution in [1.29, 1.82) is 0 Å². The lowest BCUT2D eigenvalue weighted by molar-refractivity contribution is -0.384. The van der Waals surface area contributed by atoms with E-state index in [9.17, 15) is 10.1 Å². The molecule has 0 saturated carbocycles. The predicted octanol–water partition coefficient (Wildman–Crippen LogP) is 3.21. The van der Waals surface area contributed by atoms with Gasteiger partial charge >= 0.3 is 0 Å². The molecule has 0 fully saturated rings. The molecule has 0 radical (unpaired) electrons. The van der Waals surface area contributed by atoms with Crippen LogP contribution in [-0.2, 0) is 6.54 Å². The zero-order valence-electron chi connectivity index (χ0n) is 9.72. The monoisotopic (exact) mass is 300 g/mol. The van der Waals surface area contributed by atoms with Crippen molar-refractivity contribution in [2.75, 3.05) is 11.9 Å². The molecule has 1 aromatic heterocycles. The minimum absolute atomic E-state index is 0.129. The summed E-state index contributed by atoms with van der Waals surface area (Å²) in [4.78, 5) is 14.0. The highest BCUT2D eigenvalue weighted by atomic mass is 35.5. The van der Waals surface area contributed by atoms with Crippen molar-refractivity contribution in [3.8, 4) is 0 Å². The van der Waals surface area contributed by atoms with Crippen molar-refractivity contribution in [2.24, 2.45) is 0 Å². The maximum Gasteiger partial charge on any atom is 0.272 e. The van der Waals surface area contributed by atoms with Crippen molar-refractivity contribution in [2.45, 2.75) is 6.54 Å². The number of aromatic nitrogens is 2. The van der Waals surface area contributed by atoms with E-state index < -0.39 is 4.92 Å². The van der Waals surface area contributed by atoms with Crippen LogP contribution in [0.5, 0.6) is 0 Å². The molecule has 2 aromatic rings. The summed E-state index contributed by atoms with van der Waals surface area (Å²) in [7, 11) is 0. The molecule has 0 aliphatic rings. The zero-order chi connectivity index (χ0) is 13.8. The molecule has 0 unspecified atom stereocenters. The lowest BCUT2D eigenvalue weighted by atomic mass is 10.2. The first-order valence-electron chi connectivity index (χ1n) is 5.41. The SMILES string of the molecule is O=[N+]([O-])c1cc(Cl)c(NCCn2ccnc2)c(Cl)c1. The summed E-state index contributed by atoms with van der Waals surface area (Å²) in [5, 5.41) is 14.1. The number of nitrogens with one attached hydrogen (secondary N) is 1. The van der Waals surface area contributed by atoms with Crippen LogP contribution in [0, 0.1) is 10.1 Å². The van der Waals surface area contributed by atoms with Gasteiger partial charge in [0.05, 0.1) is 27.0 Å². The molecule has 2 rings (SSSR count). The fraction of sp³-hybridized carbons (Fsp3) is 0.182. The standard InChI is InChI=1S/C11H10Cl2N4O2/c12-9-5-8(17(18)19)6-10(13)11(9)15-2-4-16-3-1-14-7-16/h1,3,5-7,15H,2,4H2. The minimum atomic E-state index is -0.535. The first-order chi connectivity index (χ1) is 9.08. The lowest BCUT2D eigenvalue weighted by Gasteiger charge is -2.10. The Morgan fingerprint density at radius 2 is 2.05 bits per heavy atom. The van der Waals surface area contributed by atoms with Crippen LogP contribution in [0.25, 0.3) is 0 Å². The van der Waals surface area contributed by atoms with E-state index in [1.807, 2.05) is 10.8 Å². The Morgan fingerprint density at radius 1 is 1.37 bits per heavy atom. The third-order valence-corrected chi connectivity index (χ3v) is 3.06. The summed E-state index contributed by atoms with van der Waals surface area (Å²) in [5.41, 5.74) is 0.365. The number of anilines is 1. The van der Waals surface area contributed by atoms with E-state index in [-0.39, 0.29) is 15.7 Å². The number of nitro groups is 1. The number of benzene rings is 1. The van der Waals surface area contributed by atoms with Crippen LogP contribution in [0.2, 0.25) is 10.0 Å². The summed E-state index contributed by atoms with van der Waals surface area (Å²) in [6.45, 7) is 1.26. The van der Waals surface area contributed by atoms with Crippen molar-refractivity contribution >= 4 is 34.6 Å². The average molecular weight is 301 g/mol. The van der Waals surface area contributed by atoms with Crippen molar-refractivity contribution in [1.82, 2.24) is 9.55 Å². The average Bonchev–Trinajstić information content (AvgIpc) is 2.85. The molecule has 19 heavy (non-hydrogen) atoms. The van der Waals surface area contributed by atoms with E-state index in [2.05, 4.69) is 10.3 Å². The van der Waals surface area contributed by atoms with Gasteiger partial charge in [0.1, 0.15) is 0 Å². The van der Waals surface area contributed by atoms with Gasteiger partial charge in [0.25, 0.3) is 5.69 Å². The first-order valence-corrected chi connectivity index (χ1v) is 6.16. The second-order valence-corrected chi connectivity index (χ2v) is 4.58. The molecule has 6 nitrogen and oxygen atoms in total. The van der Waals surface area contributed by atoms with E-state index in [0.717, 1.165) is 0 Å². The van der Waals surface area contributed by atoms with Crippen molar-refractivity contribution in [3.63, 3.8) is 0 Å². The Morgan fingerprint density at radius 3 is 2.58 bits per heavy atom. The zero-order valence-corrected chi connectivity index (χ0v) is 11.2. The van der Waals surface area contributed by atoms with Gasteiger partial charge in [0.15, 0.2) is 0 Å². The number of non-ortho nitro benzene ring substituents is 1. The summed E-state index contributed by atoms with van der Waals surface area (Å²) in [6.07, 6.45) is 5.22. The van der Waals surface area contributed by atoms with E-state index in [4.69, 9.17) is 23.2 Å². The topological polar surface area (TPSA) is 73.0 Å². The second kappa shape index (κ2) is 5.90. The fourth-order valence-corrected chi connectivity index (χ4v) is 2.17. The van der Waals surface area contributed by atoms with Gasteiger partial charge in [-0.2, -0.15) is 0 Å². The molecule has 0 spiro atoms. The fourth-order valence-electron chi connectivity index (χ4n) is 1.56. The highest BCUT2D eigenvalue weighted by Gasteiger charge is 2.14. The highest BCUT2D eigenvalue weighted by molar-refractivity contribution is 6.39. The first kappa shape index (κ1) is 13.6. The van der Waals surface area contributed by atoms with E-state index in [1.165, 1.54) is 12.1 Å². The van der Waals surface area contributed by atoms with Gasteiger partial charge in [-0.3, -0.25) is 10.1 Å². The third kappa shape index (κ3) is 3.36. The molecule has 1 aromatic carbocycles. The van der Waals surface area contributed by atoms with Gasteiger partial charge < -0.3 is 9.88 Å². The molecule has 0 bridgehead atoms. The normalized spacial score (nSPS) is 10.4. The molecule has 1 heterocycles. The van der Waals surface area contributed by atoms with Crippen molar-refractivity contribution < 1.29 is 4.92 Å². The molecule has 0 saturated heterocycles. The Kier molecular flexibility index (Phi) is 4.24. The van der Waals surface area contributed by atoms with E-state index >= 15 is 0 Å². The second-order valence-electron chi connectivity index (χ2n) is 3.77. The van der Waals surface area contributed by atoms with Crippen molar-refractivity contribution in [3.05, 3.63) is 51.0 Å². The van der Waals surface area contributed by atoms with Crippen LogP contribution in [0.3, 0.4) is 0 Å². The predicted molar refractivity (Wildman–Crippen MR) is 73.8 cm³/mol. The Bertz CT molecular complexity index is 563. The summed E-state index contributed by atoms with van der Waals surface area (Å²) in [5.74, 6) is 0. The molecular formula is C11H10Cl2N4O2.